The molecule has 0 aliphatic carbocycles. The number of hydrogen-bond donors (Lipinski definition) is 0. The van der Waals surface area contributed by atoms with Crippen LogP contribution in [0.4, 0.5) is 24.9 Å². The van der Waals surface area contributed by atoms with Crippen molar-refractivity contribution >= 4 is 11.8 Å². The van der Waals surface area contributed by atoms with Crippen LogP contribution in [0.5, 0.6) is 0 Å². The van der Waals surface area contributed by atoms with Crippen LogP contribution in [0.2, 0.25) is 0 Å². The normalized spacial score (nSPS) is 20.9. The zero-order valence-corrected chi connectivity index (χ0v) is 15.5. The fraction of sp³-hybridized carbons (Fsp3) is 0.765. The van der Waals surface area contributed by atoms with Crippen LogP contribution in [0.15, 0.2) is 10.9 Å². The van der Waals surface area contributed by atoms with E-state index in [1.807, 2.05) is 18.7 Å². The molecule has 2 aliphatic heterocycles. The maximum Gasteiger partial charge on any atom is 0.408 e. The molecule has 2 aliphatic rings. The summed E-state index contributed by atoms with van der Waals surface area (Å²) in [6, 6.07) is -0.286. The van der Waals surface area contributed by atoms with Gasteiger partial charge in [0.25, 0.3) is 5.56 Å². The minimum atomic E-state index is -4.41. The summed E-state index contributed by atoms with van der Waals surface area (Å²) in [5.41, 5.74) is -0.336. The van der Waals surface area contributed by atoms with Crippen LogP contribution in [0.3, 0.4) is 0 Å². The highest BCUT2D eigenvalue weighted by Gasteiger charge is 2.46. The number of aromatic nitrogens is 2. The number of rotatable bonds is 5. The van der Waals surface area contributed by atoms with Crippen LogP contribution in [0.1, 0.15) is 20.3 Å². The summed E-state index contributed by atoms with van der Waals surface area (Å²) < 4.78 is 52.9. The van der Waals surface area contributed by atoms with Crippen molar-refractivity contribution in [2.45, 2.75) is 45.1 Å². The monoisotopic (exact) mass is 390 g/mol. The molecule has 27 heavy (non-hydrogen) atoms. The van der Waals surface area contributed by atoms with Gasteiger partial charge < -0.3 is 19.3 Å². The van der Waals surface area contributed by atoms with Gasteiger partial charge in [-0.05, 0) is 20.3 Å². The maximum absolute atomic E-state index is 13.6. The van der Waals surface area contributed by atoms with E-state index in [4.69, 9.17) is 9.47 Å². The molecule has 0 amide bonds. The summed E-state index contributed by atoms with van der Waals surface area (Å²) in [5, 5.41) is 0. The Bertz CT molecular complexity index is 702. The SMILES string of the molecule is CC(C)OCCN1c2nc(N3CCOCC3)cc(=O)n2CCC1C(F)(F)F. The van der Waals surface area contributed by atoms with Crippen molar-refractivity contribution in [2.75, 3.05) is 49.3 Å². The molecule has 0 aromatic carbocycles. The minimum Gasteiger partial charge on any atom is -0.378 e. The number of ether oxygens (including phenoxy) is 2. The maximum atomic E-state index is 13.6. The van der Waals surface area contributed by atoms with Crippen LogP contribution >= 0.6 is 0 Å². The number of hydrogen-bond acceptors (Lipinski definition) is 6. The molecule has 3 heterocycles. The Labute approximate surface area is 155 Å². The standard InChI is InChI=1S/C17H25F3N4O3/c1-12(2)27-10-7-23-13(17(18,19)20)3-4-24-15(25)11-14(21-16(23)24)22-5-8-26-9-6-22/h11-13H,3-10H2,1-2H3. The van der Waals surface area contributed by atoms with E-state index in [0.717, 1.165) is 4.90 Å². The fourth-order valence-electron chi connectivity index (χ4n) is 3.40. The van der Waals surface area contributed by atoms with Crippen molar-refractivity contribution in [1.29, 1.82) is 0 Å². The van der Waals surface area contributed by atoms with Crippen molar-refractivity contribution in [1.82, 2.24) is 9.55 Å². The molecule has 1 atom stereocenters. The van der Waals surface area contributed by atoms with E-state index in [1.54, 1.807) is 0 Å². The van der Waals surface area contributed by atoms with Gasteiger partial charge in [0.05, 0.1) is 25.9 Å². The first-order chi connectivity index (χ1) is 12.8. The van der Waals surface area contributed by atoms with E-state index in [2.05, 4.69) is 4.98 Å². The lowest BCUT2D eigenvalue weighted by Crippen LogP contribution is -2.53. The fourth-order valence-corrected chi connectivity index (χ4v) is 3.40. The summed E-state index contributed by atoms with van der Waals surface area (Å²) in [5.74, 6) is 0.456. The van der Waals surface area contributed by atoms with E-state index >= 15 is 0 Å². The number of fused-ring (bicyclic) bond motifs is 1. The van der Waals surface area contributed by atoms with Crippen molar-refractivity contribution in [3.05, 3.63) is 16.4 Å². The van der Waals surface area contributed by atoms with Gasteiger partial charge in [0.2, 0.25) is 5.95 Å². The van der Waals surface area contributed by atoms with Gasteiger partial charge in [-0.3, -0.25) is 9.36 Å². The number of nitrogens with zero attached hydrogens (tertiary/aromatic N) is 4. The van der Waals surface area contributed by atoms with Gasteiger partial charge in [0, 0.05) is 32.2 Å². The van der Waals surface area contributed by atoms with Gasteiger partial charge in [-0.25, -0.2) is 0 Å². The second kappa shape index (κ2) is 8.05. The zero-order valence-electron chi connectivity index (χ0n) is 15.5. The predicted octanol–water partition coefficient (Wildman–Crippen LogP) is 1.65. The average molecular weight is 390 g/mol. The molecule has 10 heteroatoms. The first-order valence-electron chi connectivity index (χ1n) is 9.17. The Morgan fingerprint density at radius 3 is 2.63 bits per heavy atom. The lowest BCUT2D eigenvalue weighted by molar-refractivity contribution is -0.153. The molecule has 3 rings (SSSR count). The predicted molar refractivity (Wildman–Crippen MR) is 94.4 cm³/mol. The number of anilines is 2. The molecule has 0 saturated carbocycles. The van der Waals surface area contributed by atoms with E-state index < -0.39 is 12.2 Å². The molecule has 1 saturated heterocycles. The number of morpholine rings is 1. The summed E-state index contributed by atoms with van der Waals surface area (Å²) in [6.07, 6.45) is -4.68. The first-order valence-corrected chi connectivity index (χ1v) is 9.17. The van der Waals surface area contributed by atoms with Gasteiger partial charge in [0.15, 0.2) is 0 Å². The molecule has 0 bridgehead atoms. The zero-order chi connectivity index (χ0) is 19.6. The van der Waals surface area contributed by atoms with Gasteiger partial charge in [-0.1, -0.05) is 0 Å². The summed E-state index contributed by atoms with van der Waals surface area (Å²) in [4.78, 5) is 20.0. The molecule has 0 spiro atoms. The Balaban J connectivity index is 1.95. The molecule has 1 aromatic rings. The average Bonchev–Trinajstić information content (AvgIpc) is 2.61. The van der Waals surface area contributed by atoms with Crippen molar-refractivity contribution in [3.63, 3.8) is 0 Å². The van der Waals surface area contributed by atoms with Crippen LogP contribution in [-0.4, -0.2) is 67.3 Å². The molecular weight excluding hydrogens is 365 g/mol. The summed E-state index contributed by atoms with van der Waals surface area (Å²) in [7, 11) is 0. The van der Waals surface area contributed by atoms with Crippen LogP contribution in [-0.2, 0) is 16.0 Å². The molecular formula is C17H25F3N4O3. The quantitative estimate of drug-likeness (QED) is 0.762. The highest BCUT2D eigenvalue weighted by molar-refractivity contribution is 5.46. The lowest BCUT2D eigenvalue weighted by Gasteiger charge is -2.39. The summed E-state index contributed by atoms with van der Waals surface area (Å²) >= 11 is 0. The van der Waals surface area contributed by atoms with Gasteiger partial charge >= 0.3 is 6.18 Å². The Hall–Kier alpha value is -1.81. The second-order valence-electron chi connectivity index (χ2n) is 6.96. The molecule has 1 fully saturated rings. The molecule has 1 aromatic heterocycles. The van der Waals surface area contributed by atoms with Crippen LogP contribution in [0, 0.1) is 0 Å². The molecule has 0 N–H and O–H groups in total. The lowest BCUT2D eigenvalue weighted by atomic mass is 10.1. The van der Waals surface area contributed by atoms with E-state index in [0.29, 0.717) is 32.1 Å². The van der Waals surface area contributed by atoms with Crippen LogP contribution in [0.25, 0.3) is 0 Å². The Morgan fingerprint density at radius 2 is 2.00 bits per heavy atom. The molecule has 7 nitrogen and oxygen atoms in total. The smallest absolute Gasteiger partial charge is 0.378 e. The third-order valence-electron chi connectivity index (χ3n) is 4.73. The largest absolute Gasteiger partial charge is 0.408 e. The van der Waals surface area contributed by atoms with Crippen molar-refractivity contribution in [3.8, 4) is 0 Å². The first kappa shape index (κ1) is 19.9. The second-order valence-corrected chi connectivity index (χ2v) is 6.96. The van der Waals surface area contributed by atoms with Crippen molar-refractivity contribution < 1.29 is 22.6 Å². The van der Waals surface area contributed by atoms with Gasteiger partial charge in [-0.2, -0.15) is 18.2 Å². The van der Waals surface area contributed by atoms with E-state index in [9.17, 15) is 18.0 Å². The van der Waals surface area contributed by atoms with Crippen molar-refractivity contribution in [2.24, 2.45) is 0 Å². The van der Waals surface area contributed by atoms with Gasteiger partial charge in [0.1, 0.15) is 11.9 Å². The Kier molecular flexibility index (Phi) is 5.95. The highest BCUT2D eigenvalue weighted by atomic mass is 19.4. The number of halogens is 3. The third kappa shape index (κ3) is 4.55. The topological polar surface area (TPSA) is 59.8 Å². The van der Waals surface area contributed by atoms with Crippen LogP contribution < -0.4 is 15.4 Å². The Morgan fingerprint density at radius 1 is 1.30 bits per heavy atom. The molecule has 0 radical (unpaired) electrons. The van der Waals surface area contributed by atoms with Gasteiger partial charge in [-0.15, -0.1) is 0 Å². The highest BCUT2D eigenvalue weighted by Crippen LogP contribution is 2.34. The summed E-state index contributed by atoms with van der Waals surface area (Å²) in [6.45, 7) is 5.88. The van der Waals surface area contributed by atoms with E-state index in [1.165, 1.54) is 10.6 Å². The van der Waals surface area contributed by atoms with E-state index in [-0.39, 0.29) is 43.7 Å². The molecule has 1 unspecified atom stereocenters. The number of alkyl halides is 3. The minimum absolute atomic E-state index is 0.00370. The molecule has 152 valence electrons. The third-order valence-corrected chi connectivity index (χ3v) is 4.73.